The van der Waals surface area contributed by atoms with E-state index in [4.69, 9.17) is 0 Å². The summed E-state index contributed by atoms with van der Waals surface area (Å²) in [6.07, 6.45) is 0.788. The van der Waals surface area contributed by atoms with Gasteiger partial charge in [0.05, 0.1) is 11.3 Å². The third-order valence-electron chi connectivity index (χ3n) is 4.28. The van der Waals surface area contributed by atoms with Crippen molar-refractivity contribution in [3.05, 3.63) is 59.2 Å². The van der Waals surface area contributed by atoms with Gasteiger partial charge in [-0.1, -0.05) is 26.0 Å². The molecule has 0 aliphatic rings. The van der Waals surface area contributed by atoms with Crippen LogP contribution in [0.15, 0.2) is 42.5 Å². The number of carbonyl (C=O) groups excluding carboxylic acids is 2. The van der Waals surface area contributed by atoms with Crippen molar-refractivity contribution < 1.29 is 9.59 Å². The minimum absolute atomic E-state index is 0.00136. The molecule has 134 valence electrons. The van der Waals surface area contributed by atoms with E-state index in [1.54, 1.807) is 18.2 Å². The SMILES string of the molecule is CCC(C)C(=O)Nc1cccc(CNc2cc(C(C)=O)ccc2C#N)c1. The summed E-state index contributed by atoms with van der Waals surface area (Å²) >= 11 is 0. The lowest BCUT2D eigenvalue weighted by molar-refractivity contribution is -0.119. The van der Waals surface area contributed by atoms with Crippen LogP contribution < -0.4 is 10.6 Å². The Morgan fingerprint density at radius 1 is 1.19 bits per heavy atom. The molecule has 0 aromatic heterocycles. The Bertz CT molecular complexity index is 853. The van der Waals surface area contributed by atoms with Crippen LogP contribution in [-0.4, -0.2) is 11.7 Å². The Kier molecular flexibility index (Phi) is 6.51. The first-order valence-electron chi connectivity index (χ1n) is 8.63. The third-order valence-corrected chi connectivity index (χ3v) is 4.28. The molecule has 1 unspecified atom stereocenters. The highest BCUT2D eigenvalue weighted by molar-refractivity contribution is 5.95. The molecule has 1 atom stereocenters. The molecule has 0 aliphatic heterocycles. The van der Waals surface area contributed by atoms with Crippen molar-refractivity contribution in [1.29, 1.82) is 5.26 Å². The second-order valence-electron chi connectivity index (χ2n) is 6.28. The first-order valence-corrected chi connectivity index (χ1v) is 8.63. The number of carbonyl (C=O) groups is 2. The molecule has 26 heavy (non-hydrogen) atoms. The molecule has 0 heterocycles. The molecule has 1 amide bonds. The molecule has 2 aromatic rings. The minimum atomic E-state index is -0.0488. The molecule has 5 heteroatoms. The van der Waals surface area contributed by atoms with Crippen LogP contribution >= 0.6 is 0 Å². The lowest BCUT2D eigenvalue weighted by Crippen LogP contribution is -2.19. The number of rotatable bonds is 7. The molecule has 0 saturated carbocycles. The maximum Gasteiger partial charge on any atom is 0.227 e. The monoisotopic (exact) mass is 349 g/mol. The van der Waals surface area contributed by atoms with Crippen LogP contribution in [0.5, 0.6) is 0 Å². The van der Waals surface area contributed by atoms with Gasteiger partial charge < -0.3 is 10.6 Å². The summed E-state index contributed by atoms with van der Waals surface area (Å²) in [6, 6.07) is 14.7. The number of nitrogens with one attached hydrogen (secondary N) is 2. The Morgan fingerprint density at radius 2 is 1.96 bits per heavy atom. The second-order valence-corrected chi connectivity index (χ2v) is 6.28. The minimum Gasteiger partial charge on any atom is -0.380 e. The van der Waals surface area contributed by atoms with E-state index < -0.39 is 0 Å². The molecule has 2 aromatic carbocycles. The zero-order chi connectivity index (χ0) is 19.1. The van der Waals surface area contributed by atoms with Gasteiger partial charge in [-0.25, -0.2) is 0 Å². The molecular formula is C21H23N3O2. The Labute approximate surface area is 154 Å². The van der Waals surface area contributed by atoms with Crippen molar-refractivity contribution in [2.24, 2.45) is 5.92 Å². The summed E-state index contributed by atoms with van der Waals surface area (Å²) < 4.78 is 0. The van der Waals surface area contributed by atoms with E-state index in [0.29, 0.717) is 23.4 Å². The van der Waals surface area contributed by atoms with E-state index in [-0.39, 0.29) is 17.6 Å². The summed E-state index contributed by atoms with van der Waals surface area (Å²) in [5.74, 6) is -0.0879. The summed E-state index contributed by atoms with van der Waals surface area (Å²) in [5, 5.41) is 15.4. The summed E-state index contributed by atoms with van der Waals surface area (Å²) in [5.41, 5.74) is 3.36. The standard InChI is InChI=1S/C21H23N3O2/c1-4-14(2)21(26)24-19-7-5-6-16(10-19)13-23-20-11-17(15(3)25)8-9-18(20)12-22/h5-11,14,23H,4,13H2,1-3H3,(H,24,26). The van der Waals surface area contributed by atoms with Gasteiger partial charge in [0.1, 0.15) is 6.07 Å². The van der Waals surface area contributed by atoms with Gasteiger partial charge in [-0.3, -0.25) is 9.59 Å². The molecular weight excluding hydrogens is 326 g/mol. The van der Waals surface area contributed by atoms with Crippen molar-refractivity contribution in [2.75, 3.05) is 10.6 Å². The number of hydrogen-bond acceptors (Lipinski definition) is 4. The maximum atomic E-state index is 12.0. The zero-order valence-electron chi connectivity index (χ0n) is 15.3. The summed E-state index contributed by atoms with van der Waals surface area (Å²) in [4.78, 5) is 23.6. The van der Waals surface area contributed by atoms with Crippen LogP contribution in [0.3, 0.4) is 0 Å². The normalized spacial score (nSPS) is 11.3. The molecule has 0 bridgehead atoms. The molecule has 0 radical (unpaired) electrons. The molecule has 5 nitrogen and oxygen atoms in total. The van der Waals surface area contributed by atoms with Crippen molar-refractivity contribution in [3.8, 4) is 6.07 Å². The fraction of sp³-hybridized carbons (Fsp3) is 0.286. The highest BCUT2D eigenvalue weighted by atomic mass is 16.1. The van der Waals surface area contributed by atoms with Crippen molar-refractivity contribution >= 4 is 23.1 Å². The van der Waals surface area contributed by atoms with Gasteiger partial charge in [0.15, 0.2) is 5.78 Å². The van der Waals surface area contributed by atoms with Crippen LogP contribution in [0, 0.1) is 17.2 Å². The topological polar surface area (TPSA) is 82.0 Å². The van der Waals surface area contributed by atoms with E-state index in [1.807, 2.05) is 38.1 Å². The van der Waals surface area contributed by atoms with Gasteiger partial charge in [-0.2, -0.15) is 5.26 Å². The number of nitriles is 1. The lowest BCUT2D eigenvalue weighted by Gasteiger charge is -2.13. The number of hydrogen-bond donors (Lipinski definition) is 2. The van der Waals surface area contributed by atoms with Gasteiger partial charge in [0.2, 0.25) is 5.91 Å². The number of nitrogens with zero attached hydrogens (tertiary/aromatic N) is 1. The molecule has 0 spiro atoms. The number of benzene rings is 2. The van der Waals surface area contributed by atoms with Crippen LogP contribution in [0.25, 0.3) is 0 Å². The van der Waals surface area contributed by atoms with Gasteiger partial charge >= 0.3 is 0 Å². The number of amides is 1. The summed E-state index contributed by atoms with van der Waals surface area (Å²) in [7, 11) is 0. The Balaban J connectivity index is 2.12. The van der Waals surface area contributed by atoms with E-state index in [2.05, 4.69) is 16.7 Å². The molecule has 0 aliphatic carbocycles. The molecule has 0 fully saturated rings. The van der Waals surface area contributed by atoms with Crippen LogP contribution in [0.1, 0.15) is 48.7 Å². The van der Waals surface area contributed by atoms with Gasteiger partial charge in [0.25, 0.3) is 0 Å². The first kappa shape index (κ1) is 19.2. The van der Waals surface area contributed by atoms with Gasteiger partial charge in [0, 0.05) is 23.7 Å². The number of anilines is 2. The zero-order valence-corrected chi connectivity index (χ0v) is 15.3. The van der Waals surface area contributed by atoms with E-state index in [1.165, 1.54) is 6.92 Å². The summed E-state index contributed by atoms with van der Waals surface area (Å²) in [6.45, 7) is 5.84. The molecule has 2 rings (SSSR count). The predicted octanol–water partition coefficient (Wildman–Crippen LogP) is 4.36. The van der Waals surface area contributed by atoms with E-state index >= 15 is 0 Å². The Hall–Kier alpha value is -3.13. The van der Waals surface area contributed by atoms with Crippen molar-refractivity contribution in [3.63, 3.8) is 0 Å². The van der Waals surface area contributed by atoms with Crippen molar-refractivity contribution in [2.45, 2.75) is 33.7 Å². The Morgan fingerprint density at radius 3 is 2.62 bits per heavy atom. The van der Waals surface area contributed by atoms with E-state index in [0.717, 1.165) is 17.7 Å². The van der Waals surface area contributed by atoms with Crippen molar-refractivity contribution in [1.82, 2.24) is 0 Å². The third kappa shape index (κ3) is 4.93. The highest BCUT2D eigenvalue weighted by Gasteiger charge is 2.11. The van der Waals surface area contributed by atoms with E-state index in [9.17, 15) is 14.9 Å². The quantitative estimate of drug-likeness (QED) is 0.728. The molecule has 2 N–H and O–H groups in total. The smallest absolute Gasteiger partial charge is 0.227 e. The number of Topliss-reactive ketones (excluding diaryl/α,β-unsaturated/α-hetero) is 1. The van der Waals surface area contributed by atoms with Gasteiger partial charge in [-0.05, 0) is 49.2 Å². The van der Waals surface area contributed by atoms with Crippen LogP contribution in [0.4, 0.5) is 11.4 Å². The fourth-order valence-corrected chi connectivity index (χ4v) is 2.41. The van der Waals surface area contributed by atoms with Crippen LogP contribution in [-0.2, 0) is 11.3 Å². The second kappa shape index (κ2) is 8.82. The predicted molar refractivity (Wildman–Crippen MR) is 103 cm³/mol. The first-order chi connectivity index (χ1) is 12.4. The fourth-order valence-electron chi connectivity index (χ4n) is 2.41. The average Bonchev–Trinajstić information content (AvgIpc) is 2.65. The maximum absolute atomic E-state index is 12.0. The lowest BCUT2D eigenvalue weighted by atomic mass is 10.1. The number of ketones is 1. The highest BCUT2D eigenvalue weighted by Crippen LogP contribution is 2.20. The molecule has 0 saturated heterocycles. The average molecular weight is 349 g/mol. The van der Waals surface area contributed by atoms with Crippen LogP contribution in [0.2, 0.25) is 0 Å². The largest absolute Gasteiger partial charge is 0.380 e. The van der Waals surface area contributed by atoms with Gasteiger partial charge in [-0.15, -0.1) is 0 Å².